The maximum atomic E-state index is 3.23. The Balaban J connectivity index is 1.86. The third-order valence-corrected chi connectivity index (χ3v) is 4.60. The van der Waals surface area contributed by atoms with Crippen molar-refractivity contribution >= 4 is 11.8 Å². The fraction of sp³-hybridized carbons (Fsp3) is 0.714. The van der Waals surface area contributed by atoms with E-state index >= 15 is 0 Å². The van der Waals surface area contributed by atoms with Gasteiger partial charge in [0.15, 0.2) is 0 Å². The Bertz CT molecular complexity index is 247. The van der Waals surface area contributed by atoms with Crippen molar-refractivity contribution in [3.8, 4) is 0 Å². The number of hydrogen-bond donors (Lipinski definition) is 1. The summed E-state index contributed by atoms with van der Waals surface area (Å²) in [7, 11) is 0. The van der Waals surface area contributed by atoms with Crippen LogP contribution in [0.25, 0.3) is 0 Å². The topological polar surface area (TPSA) is 12.0 Å². The molecule has 1 saturated carbocycles. The Morgan fingerprint density at radius 2 is 1.56 bits per heavy atom. The van der Waals surface area contributed by atoms with Gasteiger partial charge in [-0.2, -0.15) is 0 Å². The lowest BCUT2D eigenvalue weighted by Gasteiger charge is -2.21. The Hall–Kier alpha value is -0.370. The van der Waals surface area contributed by atoms with E-state index in [1.807, 2.05) is 18.0 Å². The van der Waals surface area contributed by atoms with Gasteiger partial charge in [0.25, 0.3) is 0 Å². The number of nitrogens with one attached hydrogen (secondary N) is 1. The first kappa shape index (κ1) is 12.1. The summed E-state index contributed by atoms with van der Waals surface area (Å²) in [6.07, 6.45) is 17.1. The Morgan fingerprint density at radius 1 is 0.938 bits per heavy atom. The molecule has 2 rings (SSSR count). The maximum Gasteiger partial charge on any atom is 0.0107 e. The molecule has 1 aliphatic carbocycles. The molecule has 2 heteroatoms. The minimum absolute atomic E-state index is 0.820. The molecule has 0 radical (unpaired) electrons. The van der Waals surface area contributed by atoms with Crippen LogP contribution in [-0.4, -0.2) is 0 Å². The van der Waals surface area contributed by atoms with Gasteiger partial charge in [-0.05, 0) is 24.2 Å². The van der Waals surface area contributed by atoms with Gasteiger partial charge in [0, 0.05) is 17.3 Å². The molecule has 1 N–H and O–H groups in total. The van der Waals surface area contributed by atoms with E-state index in [1.165, 1.54) is 57.8 Å². The molecule has 0 unspecified atom stereocenters. The third kappa shape index (κ3) is 3.89. The Kier molecular flexibility index (Phi) is 5.33. The van der Waals surface area contributed by atoms with Crippen molar-refractivity contribution < 1.29 is 0 Å². The van der Waals surface area contributed by atoms with Gasteiger partial charge in [0.05, 0.1) is 0 Å². The third-order valence-electron chi connectivity index (χ3n) is 3.60. The van der Waals surface area contributed by atoms with Crippen molar-refractivity contribution in [3.05, 3.63) is 22.7 Å². The Labute approximate surface area is 104 Å². The first-order valence-corrected chi connectivity index (χ1v) is 7.62. The van der Waals surface area contributed by atoms with E-state index in [-0.39, 0.29) is 0 Å². The largest absolute Gasteiger partial charge is 0.366 e. The number of hydrogen-bond acceptors (Lipinski definition) is 2. The normalized spacial score (nSPS) is 24.6. The van der Waals surface area contributed by atoms with Crippen LogP contribution in [0, 0.1) is 5.92 Å². The van der Waals surface area contributed by atoms with Gasteiger partial charge in [-0.3, -0.25) is 0 Å². The average Bonchev–Trinajstić information content (AvgIpc) is 2.37. The first-order valence-electron chi connectivity index (χ1n) is 6.74. The van der Waals surface area contributed by atoms with E-state index in [0.29, 0.717) is 0 Å². The molecule has 1 nitrogen and oxygen atoms in total. The van der Waals surface area contributed by atoms with Crippen LogP contribution >= 0.6 is 11.8 Å². The van der Waals surface area contributed by atoms with Crippen LogP contribution < -0.4 is 5.32 Å². The number of thioether (sulfide) groups is 1. The van der Waals surface area contributed by atoms with Crippen molar-refractivity contribution in [2.45, 2.75) is 57.8 Å². The molecule has 0 saturated heterocycles. The highest BCUT2D eigenvalue weighted by molar-refractivity contribution is 8.05. The summed E-state index contributed by atoms with van der Waals surface area (Å²) in [5, 5.41) is 5.41. The molecule has 16 heavy (non-hydrogen) atoms. The van der Waals surface area contributed by atoms with Crippen molar-refractivity contribution in [1.29, 1.82) is 0 Å². The van der Waals surface area contributed by atoms with Gasteiger partial charge in [-0.25, -0.2) is 0 Å². The highest BCUT2D eigenvalue weighted by Crippen LogP contribution is 2.34. The molecule has 90 valence electrons. The van der Waals surface area contributed by atoms with Crippen LogP contribution in [0.4, 0.5) is 0 Å². The van der Waals surface area contributed by atoms with Crippen molar-refractivity contribution in [3.63, 3.8) is 0 Å². The van der Waals surface area contributed by atoms with E-state index in [9.17, 15) is 0 Å². The molecule has 0 aromatic rings. The van der Waals surface area contributed by atoms with Crippen molar-refractivity contribution in [2.24, 2.45) is 5.92 Å². The van der Waals surface area contributed by atoms with E-state index in [2.05, 4.69) is 16.9 Å². The van der Waals surface area contributed by atoms with Crippen LogP contribution in [0.2, 0.25) is 0 Å². The molecule has 0 aromatic heterocycles. The number of allylic oxidation sites excluding steroid dienone is 1. The Morgan fingerprint density at radius 3 is 2.12 bits per heavy atom. The average molecular weight is 237 g/mol. The maximum absolute atomic E-state index is 3.23. The molecule has 0 amide bonds. The molecule has 0 aromatic carbocycles. The number of rotatable bonds is 1. The van der Waals surface area contributed by atoms with Gasteiger partial charge in [0.2, 0.25) is 0 Å². The van der Waals surface area contributed by atoms with Crippen LogP contribution in [0.15, 0.2) is 22.7 Å². The zero-order valence-corrected chi connectivity index (χ0v) is 10.9. The van der Waals surface area contributed by atoms with E-state index in [0.717, 1.165) is 5.92 Å². The predicted molar refractivity (Wildman–Crippen MR) is 73.0 cm³/mol. The second-order valence-electron chi connectivity index (χ2n) is 4.88. The lowest BCUT2D eigenvalue weighted by atomic mass is 9.92. The van der Waals surface area contributed by atoms with Gasteiger partial charge < -0.3 is 5.32 Å². The van der Waals surface area contributed by atoms with Crippen LogP contribution in [-0.2, 0) is 0 Å². The second-order valence-corrected chi connectivity index (χ2v) is 5.86. The summed E-state index contributed by atoms with van der Waals surface area (Å²) < 4.78 is 0. The molecular weight excluding hydrogens is 214 g/mol. The quantitative estimate of drug-likeness (QED) is 0.704. The second kappa shape index (κ2) is 7.05. The summed E-state index contributed by atoms with van der Waals surface area (Å²) in [6.45, 7) is 0. The smallest absolute Gasteiger partial charge is 0.0107 e. The molecule has 1 aliphatic heterocycles. The molecule has 2 aliphatic rings. The first-order chi connectivity index (χ1) is 7.97. The minimum atomic E-state index is 0.820. The summed E-state index contributed by atoms with van der Waals surface area (Å²) in [5.41, 5.74) is 0. The molecular formula is C14H23NS. The zero-order valence-electron chi connectivity index (χ0n) is 10.1. The van der Waals surface area contributed by atoms with E-state index in [1.54, 1.807) is 4.91 Å². The fourth-order valence-electron chi connectivity index (χ4n) is 2.62. The van der Waals surface area contributed by atoms with Crippen molar-refractivity contribution in [1.82, 2.24) is 5.32 Å². The minimum Gasteiger partial charge on any atom is -0.366 e. The van der Waals surface area contributed by atoms with Crippen LogP contribution in [0.1, 0.15) is 57.8 Å². The predicted octanol–water partition coefficient (Wildman–Crippen LogP) is 4.78. The molecule has 1 heterocycles. The van der Waals surface area contributed by atoms with Gasteiger partial charge in [-0.15, -0.1) is 0 Å². The standard InChI is InChI=1S/C14H23NS/c1-2-4-6-8-13(9-7-5-3-1)14-12-15-10-11-16-14/h10-13,15H,1-9H2. The summed E-state index contributed by atoms with van der Waals surface area (Å²) in [5.74, 6) is 0.820. The highest BCUT2D eigenvalue weighted by Gasteiger charge is 2.15. The molecule has 0 atom stereocenters. The van der Waals surface area contributed by atoms with Gasteiger partial charge in [0.1, 0.15) is 0 Å². The van der Waals surface area contributed by atoms with Crippen molar-refractivity contribution in [2.75, 3.05) is 0 Å². The van der Waals surface area contributed by atoms with E-state index in [4.69, 9.17) is 0 Å². The fourth-order valence-corrected chi connectivity index (χ4v) is 3.49. The summed E-state index contributed by atoms with van der Waals surface area (Å²) in [4.78, 5) is 1.56. The summed E-state index contributed by atoms with van der Waals surface area (Å²) in [6, 6.07) is 0. The van der Waals surface area contributed by atoms with Crippen LogP contribution in [0.5, 0.6) is 0 Å². The highest BCUT2D eigenvalue weighted by atomic mass is 32.2. The zero-order chi connectivity index (χ0) is 11.1. The summed E-state index contributed by atoms with van der Waals surface area (Å²) >= 11 is 1.92. The van der Waals surface area contributed by atoms with Crippen LogP contribution in [0.3, 0.4) is 0 Å². The van der Waals surface area contributed by atoms with Gasteiger partial charge >= 0.3 is 0 Å². The molecule has 0 bridgehead atoms. The molecule has 0 spiro atoms. The lowest BCUT2D eigenvalue weighted by molar-refractivity contribution is 0.439. The lowest BCUT2D eigenvalue weighted by Crippen LogP contribution is -2.08. The van der Waals surface area contributed by atoms with E-state index < -0.39 is 0 Å². The monoisotopic (exact) mass is 237 g/mol. The molecule has 1 fully saturated rings. The SMILES string of the molecule is C1=CSC(C2CCCCCCCCC2)=CN1. The van der Waals surface area contributed by atoms with Gasteiger partial charge in [-0.1, -0.05) is 56.7 Å².